The Kier molecular flexibility index (Phi) is 8.44. The molecule has 0 radical (unpaired) electrons. The SMILES string of the molecule is COc1ccc(CC(C)/C=C/C2CCCC(OC)C2)cc1/C=C/C(C)C. The molecule has 26 heavy (non-hydrogen) atoms. The normalized spacial score (nSPS) is 22.4. The fourth-order valence-corrected chi connectivity index (χ4v) is 3.69. The maximum absolute atomic E-state index is 5.55. The summed E-state index contributed by atoms with van der Waals surface area (Å²) < 4.78 is 11.1. The second-order valence-corrected chi connectivity index (χ2v) is 8.03. The lowest BCUT2D eigenvalue weighted by molar-refractivity contribution is 0.0589. The zero-order valence-electron chi connectivity index (χ0n) is 17.2. The molecule has 0 saturated heterocycles. The van der Waals surface area contributed by atoms with E-state index >= 15 is 0 Å². The highest BCUT2D eigenvalue weighted by Gasteiger charge is 2.19. The molecule has 0 heterocycles. The van der Waals surface area contributed by atoms with Crippen LogP contribution in [0.3, 0.4) is 0 Å². The van der Waals surface area contributed by atoms with Crippen molar-refractivity contribution >= 4 is 6.08 Å². The fourth-order valence-electron chi connectivity index (χ4n) is 3.69. The Bertz CT molecular complexity index is 600. The van der Waals surface area contributed by atoms with Gasteiger partial charge >= 0.3 is 0 Å². The minimum absolute atomic E-state index is 0.450. The zero-order valence-corrected chi connectivity index (χ0v) is 17.2. The first-order valence-electron chi connectivity index (χ1n) is 10.1. The van der Waals surface area contributed by atoms with Crippen molar-refractivity contribution < 1.29 is 9.47 Å². The van der Waals surface area contributed by atoms with Gasteiger partial charge in [-0.3, -0.25) is 0 Å². The van der Waals surface area contributed by atoms with Gasteiger partial charge in [0.15, 0.2) is 0 Å². The predicted molar refractivity (Wildman–Crippen MR) is 112 cm³/mol. The highest BCUT2D eigenvalue weighted by Crippen LogP contribution is 2.28. The summed E-state index contributed by atoms with van der Waals surface area (Å²) in [5, 5.41) is 0. The molecular formula is C24H36O2. The second kappa shape index (κ2) is 10.6. The van der Waals surface area contributed by atoms with Crippen LogP contribution in [0.15, 0.2) is 36.4 Å². The van der Waals surface area contributed by atoms with E-state index in [0.717, 1.165) is 12.2 Å². The summed E-state index contributed by atoms with van der Waals surface area (Å²) in [6, 6.07) is 6.55. The fraction of sp³-hybridized carbons (Fsp3) is 0.583. The van der Waals surface area contributed by atoms with Crippen molar-refractivity contribution in [3.8, 4) is 5.75 Å². The van der Waals surface area contributed by atoms with Gasteiger partial charge in [0.1, 0.15) is 5.75 Å². The molecule has 2 nitrogen and oxygen atoms in total. The van der Waals surface area contributed by atoms with E-state index in [2.05, 4.69) is 63.3 Å². The minimum atomic E-state index is 0.450. The molecule has 2 rings (SSSR count). The van der Waals surface area contributed by atoms with Crippen LogP contribution >= 0.6 is 0 Å². The first kappa shape index (κ1) is 20.8. The van der Waals surface area contributed by atoms with Gasteiger partial charge in [-0.1, -0.05) is 57.6 Å². The second-order valence-electron chi connectivity index (χ2n) is 8.03. The van der Waals surface area contributed by atoms with Gasteiger partial charge in [-0.05, 0) is 61.1 Å². The lowest BCUT2D eigenvalue weighted by atomic mass is 9.86. The third-order valence-electron chi connectivity index (χ3n) is 5.22. The molecule has 1 aromatic carbocycles. The van der Waals surface area contributed by atoms with Crippen LogP contribution in [-0.4, -0.2) is 20.3 Å². The van der Waals surface area contributed by atoms with Crippen molar-refractivity contribution in [1.82, 2.24) is 0 Å². The molecule has 144 valence electrons. The average molecular weight is 357 g/mol. The van der Waals surface area contributed by atoms with Crippen LogP contribution in [0.5, 0.6) is 5.75 Å². The molecule has 3 atom stereocenters. The van der Waals surface area contributed by atoms with Crippen LogP contribution in [0.4, 0.5) is 0 Å². The van der Waals surface area contributed by atoms with E-state index in [9.17, 15) is 0 Å². The van der Waals surface area contributed by atoms with Crippen molar-refractivity contribution in [1.29, 1.82) is 0 Å². The summed E-state index contributed by atoms with van der Waals surface area (Å²) in [4.78, 5) is 0. The largest absolute Gasteiger partial charge is 0.496 e. The minimum Gasteiger partial charge on any atom is -0.496 e. The standard InChI is InChI=1S/C24H36O2/c1-18(2)9-13-22-16-21(12-14-24(22)26-5)15-19(3)10-11-20-7-6-8-23(17-20)25-4/h9-14,16,18-20,23H,6-8,15,17H2,1-5H3/b11-10+,13-9+. The molecule has 0 bridgehead atoms. The van der Waals surface area contributed by atoms with E-state index in [1.807, 2.05) is 7.11 Å². The highest BCUT2D eigenvalue weighted by molar-refractivity contribution is 5.58. The molecule has 1 saturated carbocycles. The molecule has 0 aromatic heterocycles. The Balaban J connectivity index is 1.98. The summed E-state index contributed by atoms with van der Waals surface area (Å²) in [7, 11) is 3.58. The van der Waals surface area contributed by atoms with Crippen molar-refractivity contribution in [2.75, 3.05) is 14.2 Å². The molecule has 1 aliphatic rings. The van der Waals surface area contributed by atoms with Crippen LogP contribution in [0.2, 0.25) is 0 Å². The monoisotopic (exact) mass is 356 g/mol. The van der Waals surface area contributed by atoms with Crippen LogP contribution in [-0.2, 0) is 11.2 Å². The first-order chi connectivity index (χ1) is 12.5. The number of hydrogen-bond acceptors (Lipinski definition) is 2. The van der Waals surface area contributed by atoms with E-state index in [1.165, 1.54) is 36.8 Å². The maximum Gasteiger partial charge on any atom is 0.126 e. The lowest BCUT2D eigenvalue weighted by Crippen LogP contribution is -2.20. The average Bonchev–Trinajstić information content (AvgIpc) is 2.65. The Morgan fingerprint density at radius 3 is 2.62 bits per heavy atom. The number of benzene rings is 1. The van der Waals surface area contributed by atoms with Crippen molar-refractivity contribution in [3.05, 3.63) is 47.6 Å². The lowest BCUT2D eigenvalue weighted by Gasteiger charge is -2.26. The number of rotatable bonds is 8. The van der Waals surface area contributed by atoms with Gasteiger partial charge in [-0.15, -0.1) is 0 Å². The van der Waals surface area contributed by atoms with E-state index in [0.29, 0.717) is 23.9 Å². The molecular weight excluding hydrogens is 320 g/mol. The van der Waals surface area contributed by atoms with Crippen LogP contribution in [0, 0.1) is 17.8 Å². The topological polar surface area (TPSA) is 18.5 Å². The Morgan fingerprint density at radius 1 is 1.12 bits per heavy atom. The molecule has 1 aliphatic carbocycles. The molecule has 0 aliphatic heterocycles. The third-order valence-corrected chi connectivity index (χ3v) is 5.22. The zero-order chi connectivity index (χ0) is 18.9. The summed E-state index contributed by atoms with van der Waals surface area (Å²) in [5.74, 6) is 2.70. The molecule has 1 aromatic rings. The maximum atomic E-state index is 5.55. The molecule has 3 unspecified atom stereocenters. The van der Waals surface area contributed by atoms with Gasteiger partial charge in [-0.25, -0.2) is 0 Å². The summed E-state index contributed by atoms with van der Waals surface area (Å²) in [6.45, 7) is 6.69. The van der Waals surface area contributed by atoms with E-state index in [1.54, 1.807) is 7.11 Å². The molecule has 0 N–H and O–H groups in total. The van der Waals surface area contributed by atoms with Crippen LogP contribution in [0.1, 0.15) is 57.6 Å². The van der Waals surface area contributed by atoms with Gasteiger partial charge in [0.05, 0.1) is 13.2 Å². The van der Waals surface area contributed by atoms with Gasteiger partial charge in [-0.2, -0.15) is 0 Å². The quantitative estimate of drug-likeness (QED) is 0.509. The molecule has 2 heteroatoms. The van der Waals surface area contributed by atoms with Crippen LogP contribution < -0.4 is 4.74 Å². The molecule has 0 spiro atoms. The molecule has 0 amide bonds. The number of hydrogen-bond donors (Lipinski definition) is 0. The van der Waals surface area contributed by atoms with E-state index in [4.69, 9.17) is 9.47 Å². The number of methoxy groups -OCH3 is 2. The van der Waals surface area contributed by atoms with Gasteiger partial charge in [0.2, 0.25) is 0 Å². The highest BCUT2D eigenvalue weighted by atomic mass is 16.5. The summed E-state index contributed by atoms with van der Waals surface area (Å²) in [6.07, 6.45) is 15.7. The van der Waals surface area contributed by atoms with E-state index < -0.39 is 0 Å². The molecule has 1 fully saturated rings. The van der Waals surface area contributed by atoms with Crippen molar-refractivity contribution in [3.63, 3.8) is 0 Å². The predicted octanol–water partition coefficient (Wildman–Crippen LogP) is 6.30. The van der Waals surface area contributed by atoms with Crippen molar-refractivity contribution in [2.45, 2.75) is 59.0 Å². The van der Waals surface area contributed by atoms with Gasteiger partial charge in [0.25, 0.3) is 0 Å². The smallest absolute Gasteiger partial charge is 0.126 e. The van der Waals surface area contributed by atoms with Gasteiger partial charge < -0.3 is 9.47 Å². The number of ether oxygens (including phenoxy) is 2. The summed E-state index contributed by atoms with van der Waals surface area (Å²) >= 11 is 0. The number of allylic oxidation sites excluding steroid dienone is 3. The third kappa shape index (κ3) is 6.64. The van der Waals surface area contributed by atoms with Crippen LogP contribution in [0.25, 0.3) is 6.08 Å². The Labute approximate surface area is 160 Å². The van der Waals surface area contributed by atoms with Crippen molar-refractivity contribution in [2.24, 2.45) is 17.8 Å². The van der Waals surface area contributed by atoms with E-state index in [-0.39, 0.29) is 0 Å². The Hall–Kier alpha value is -1.54. The summed E-state index contributed by atoms with van der Waals surface area (Å²) in [5.41, 5.74) is 2.54. The van der Waals surface area contributed by atoms with Gasteiger partial charge in [0, 0.05) is 12.7 Å². The first-order valence-corrected chi connectivity index (χ1v) is 10.1. The Morgan fingerprint density at radius 2 is 1.92 bits per heavy atom.